The molecule has 1 amide bonds. The lowest BCUT2D eigenvalue weighted by molar-refractivity contribution is 0.0952. The first kappa shape index (κ1) is 19.6. The van der Waals surface area contributed by atoms with Crippen LogP contribution in [0.4, 0.5) is 0 Å². The standard InChI is InChI=1S/C24H24N4O2/c1-17-6-3-8-19(14-17)16-28-21-10-5-11-25-22(21)27(24(28)30)13-12-26-23(29)20-9-4-7-18(2)15-20/h3-11,14-15H,12-13,16H2,1-2H3,(H,26,29). The predicted molar refractivity (Wildman–Crippen MR) is 118 cm³/mol. The van der Waals surface area contributed by atoms with Crippen molar-refractivity contribution in [3.05, 3.63) is 99.6 Å². The Balaban J connectivity index is 1.56. The van der Waals surface area contributed by atoms with Gasteiger partial charge in [0.05, 0.1) is 12.1 Å². The fourth-order valence-electron chi connectivity index (χ4n) is 3.66. The smallest absolute Gasteiger partial charge is 0.330 e. The zero-order valence-electron chi connectivity index (χ0n) is 17.1. The highest BCUT2D eigenvalue weighted by Crippen LogP contribution is 2.13. The molecule has 0 atom stereocenters. The number of carbonyl (C=O) groups excluding carboxylic acids is 1. The Kier molecular flexibility index (Phi) is 5.48. The Morgan fingerprint density at radius 3 is 2.50 bits per heavy atom. The molecule has 0 saturated carbocycles. The van der Waals surface area contributed by atoms with Crippen molar-refractivity contribution in [2.24, 2.45) is 0 Å². The third-order valence-corrected chi connectivity index (χ3v) is 5.10. The lowest BCUT2D eigenvalue weighted by Gasteiger charge is -2.07. The Morgan fingerprint density at radius 1 is 0.967 bits per heavy atom. The number of hydrogen-bond donors (Lipinski definition) is 1. The monoisotopic (exact) mass is 400 g/mol. The maximum absolute atomic E-state index is 13.1. The van der Waals surface area contributed by atoms with Crippen LogP contribution >= 0.6 is 0 Å². The van der Waals surface area contributed by atoms with Crippen molar-refractivity contribution in [2.75, 3.05) is 6.54 Å². The summed E-state index contributed by atoms with van der Waals surface area (Å²) >= 11 is 0. The van der Waals surface area contributed by atoms with Gasteiger partial charge in [-0.1, -0.05) is 47.5 Å². The molecule has 2 aromatic heterocycles. The van der Waals surface area contributed by atoms with Gasteiger partial charge in [0.1, 0.15) is 0 Å². The molecular weight excluding hydrogens is 376 g/mol. The molecule has 0 aliphatic heterocycles. The van der Waals surface area contributed by atoms with Gasteiger partial charge >= 0.3 is 5.69 Å². The first-order chi connectivity index (χ1) is 14.5. The molecule has 0 aliphatic rings. The highest BCUT2D eigenvalue weighted by atomic mass is 16.2. The van der Waals surface area contributed by atoms with Crippen LogP contribution in [-0.2, 0) is 13.1 Å². The topological polar surface area (TPSA) is 68.9 Å². The number of imidazole rings is 1. The fraction of sp³-hybridized carbons (Fsp3) is 0.208. The zero-order valence-corrected chi connectivity index (χ0v) is 17.1. The SMILES string of the molecule is Cc1cccc(Cn2c(=O)n(CCNC(=O)c3cccc(C)c3)c3ncccc32)c1. The van der Waals surface area contributed by atoms with Gasteiger partial charge in [0, 0.05) is 24.8 Å². The summed E-state index contributed by atoms with van der Waals surface area (Å²) in [6, 6.07) is 19.3. The van der Waals surface area contributed by atoms with Gasteiger partial charge < -0.3 is 5.32 Å². The second kappa shape index (κ2) is 8.37. The number of fused-ring (bicyclic) bond motifs is 1. The van der Waals surface area contributed by atoms with Crippen LogP contribution in [0, 0.1) is 13.8 Å². The molecule has 30 heavy (non-hydrogen) atoms. The van der Waals surface area contributed by atoms with Crippen LogP contribution in [0.2, 0.25) is 0 Å². The number of hydrogen-bond acceptors (Lipinski definition) is 3. The highest BCUT2D eigenvalue weighted by Gasteiger charge is 2.15. The minimum Gasteiger partial charge on any atom is -0.350 e. The third kappa shape index (κ3) is 4.03. The lowest BCUT2D eigenvalue weighted by atomic mass is 10.1. The van der Waals surface area contributed by atoms with Crippen molar-refractivity contribution in [1.29, 1.82) is 0 Å². The molecule has 6 nitrogen and oxygen atoms in total. The van der Waals surface area contributed by atoms with Gasteiger partial charge in [0.25, 0.3) is 5.91 Å². The molecule has 0 radical (unpaired) electrons. The van der Waals surface area contributed by atoms with Gasteiger partial charge in [-0.3, -0.25) is 13.9 Å². The average Bonchev–Trinajstić information content (AvgIpc) is 3.00. The van der Waals surface area contributed by atoms with E-state index in [0.29, 0.717) is 30.8 Å². The van der Waals surface area contributed by atoms with Crippen LogP contribution < -0.4 is 11.0 Å². The van der Waals surface area contributed by atoms with Crippen LogP contribution in [0.25, 0.3) is 11.2 Å². The molecule has 4 rings (SSSR count). The van der Waals surface area contributed by atoms with Crippen molar-refractivity contribution < 1.29 is 4.79 Å². The van der Waals surface area contributed by atoms with E-state index in [-0.39, 0.29) is 11.6 Å². The van der Waals surface area contributed by atoms with Crippen LogP contribution in [0.1, 0.15) is 27.0 Å². The molecule has 2 heterocycles. The normalized spacial score (nSPS) is 11.0. The maximum atomic E-state index is 13.1. The van der Waals surface area contributed by atoms with Crippen LogP contribution in [0.15, 0.2) is 71.7 Å². The predicted octanol–water partition coefficient (Wildman–Crippen LogP) is 3.29. The Morgan fingerprint density at radius 2 is 1.73 bits per heavy atom. The van der Waals surface area contributed by atoms with Gasteiger partial charge in [-0.2, -0.15) is 0 Å². The molecule has 2 aromatic carbocycles. The number of aromatic nitrogens is 3. The van der Waals surface area contributed by atoms with Crippen molar-refractivity contribution in [3.8, 4) is 0 Å². The van der Waals surface area contributed by atoms with E-state index < -0.39 is 0 Å². The molecule has 4 aromatic rings. The summed E-state index contributed by atoms with van der Waals surface area (Å²) in [6.07, 6.45) is 1.68. The number of benzene rings is 2. The molecule has 0 saturated heterocycles. The van der Waals surface area contributed by atoms with Crippen LogP contribution in [-0.4, -0.2) is 26.6 Å². The van der Waals surface area contributed by atoms with Crippen molar-refractivity contribution in [1.82, 2.24) is 19.4 Å². The lowest BCUT2D eigenvalue weighted by Crippen LogP contribution is -2.32. The van der Waals surface area contributed by atoms with Gasteiger partial charge in [0.15, 0.2) is 5.65 Å². The van der Waals surface area contributed by atoms with E-state index in [1.165, 1.54) is 0 Å². The van der Waals surface area contributed by atoms with Crippen molar-refractivity contribution >= 4 is 17.1 Å². The number of nitrogens with zero attached hydrogens (tertiary/aromatic N) is 3. The van der Waals surface area contributed by atoms with Crippen LogP contribution in [0.3, 0.4) is 0 Å². The van der Waals surface area contributed by atoms with E-state index in [4.69, 9.17) is 0 Å². The molecule has 0 spiro atoms. The Labute approximate surface area is 174 Å². The summed E-state index contributed by atoms with van der Waals surface area (Å²) in [4.78, 5) is 30.0. The zero-order chi connectivity index (χ0) is 21.1. The quantitative estimate of drug-likeness (QED) is 0.540. The number of carbonyl (C=O) groups is 1. The summed E-state index contributed by atoms with van der Waals surface area (Å²) in [5.41, 5.74) is 5.14. The molecule has 152 valence electrons. The molecule has 0 fully saturated rings. The van der Waals surface area contributed by atoms with E-state index in [1.54, 1.807) is 21.4 Å². The minimum atomic E-state index is -0.150. The summed E-state index contributed by atoms with van der Waals surface area (Å²) in [5, 5.41) is 2.90. The Hall–Kier alpha value is -3.67. The highest BCUT2D eigenvalue weighted by molar-refractivity contribution is 5.94. The van der Waals surface area contributed by atoms with Crippen molar-refractivity contribution in [2.45, 2.75) is 26.9 Å². The maximum Gasteiger partial charge on any atom is 0.330 e. The van der Waals surface area contributed by atoms with E-state index >= 15 is 0 Å². The second-order valence-electron chi connectivity index (χ2n) is 7.48. The first-order valence-corrected chi connectivity index (χ1v) is 9.97. The summed E-state index contributed by atoms with van der Waals surface area (Å²) in [7, 11) is 0. The number of nitrogens with one attached hydrogen (secondary N) is 1. The molecule has 0 unspecified atom stereocenters. The molecule has 1 N–H and O–H groups in total. The van der Waals surface area contributed by atoms with Crippen LogP contribution in [0.5, 0.6) is 0 Å². The van der Waals surface area contributed by atoms with E-state index in [1.807, 2.05) is 62.4 Å². The van der Waals surface area contributed by atoms with Crippen molar-refractivity contribution in [3.63, 3.8) is 0 Å². The van der Waals surface area contributed by atoms with Gasteiger partial charge in [0.2, 0.25) is 0 Å². The average molecular weight is 400 g/mol. The molecule has 0 bridgehead atoms. The van der Waals surface area contributed by atoms with Gasteiger partial charge in [-0.25, -0.2) is 9.78 Å². The summed E-state index contributed by atoms with van der Waals surface area (Å²) in [6.45, 7) is 5.15. The third-order valence-electron chi connectivity index (χ3n) is 5.10. The number of pyridine rings is 1. The number of aryl methyl sites for hydroxylation is 2. The summed E-state index contributed by atoms with van der Waals surface area (Å²) in [5.74, 6) is -0.150. The fourth-order valence-corrected chi connectivity index (χ4v) is 3.66. The largest absolute Gasteiger partial charge is 0.350 e. The van der Waals surface area contributed by atoms with E-state index in [9.17, 15) is 9.59 Å². The van der Waals surface area contributed by atoms with Gasteiger partial charge in [-0.15, -0.1) is 0 Å². The van der Waals surface area contributed by atoms with E-state index in [0.717, 1.165) is 22.2 Å². The number of amides is 1. The molecule has 0 aliphatic carbocycles. The molecular formula is C24H24N4O2. The number of rotatable bonds is 6. The first-order valence-electron chi connectivity index (χ1n) is 9.97. The minimum absolute atomic E-state index is 0.130. The second-order valence-corrected chi connectivity index (χ2v) is 7.48. The van der Waals surface area contributed by atoms with Gasteiger partial charge in [-0.05, 0) is 43.7 Å². The van der Waals surface area contributed by atoms with E-state index in [2.05, 4.69) is 16.4 Å². The molecule has 6 heteroatoms. The summed E-state index contributed by atoms with van der Waals surface area (Å²) < 4.78 is 3.36. The Bertz CT molecular complexity index is 1270.